The van der Waals surface area contributed by atoms with Crippen LogP contribution in [0.15, 0.2) is 24.3 Å². The summed E-state index contributed by atoms with van der Waals surface area (Å²) >= 11 is 0. The number of ether oxygens (including phenoxy) is 1. The second-order valence-electron chi connectivity index (χ2n) is 2.72. The van der Waals surface area contributed by atoms with Crippen molar-refractivity contribution in [2.24, 2.45) is 0 Å². The number of carbonyl (C=O) groups is 1. The van der Waals surface area contributed by atoms with Crippen LogP contribution in [0.1, 0.15) is 0 Å². The first kappa shape index (κ1) is 9.95. The first-order valence-corrected chi connectivity index (χ1v) is 4.07. The summed E-state index contributed by atoms with van der Waals surface area (Å²) < 4.78 is 4.50. The molecule has 0 radical (unpaired) electrons. The van der Waals surface area contributed by atoms with E-state index in [4.69, 9.17) is 5.11 Å². The molecule has 1 rings (SSSR count). The lowest BCUT2D eigenvalue weighted by Gasteiger charge is -2.16. The van der Waals surface area contributed by atoms with E-state index in [9.17, 15) is 4.79 Å². The molecule has 1 aliphatic carbocycles. The molecule has 4 nitrogen and oxygen atoms in total. The van der Waals surface area contributed by atoms with E-state index in [0.29, 0.717) is 0 Å². The van der Waals surface area contributed by atoms with Crippen molar-refractivity contribution in [3.63, 3.8) is 0 Å². The summed E-state index contributed by atoms with van der Waals surface area (Å²) in [6.07, 6.45) is 7.55. The third-order valence-electron chi connectivity index (χ3n) is 1.81. The van der Waals surface area contributed by atoms with Gasteiger partial charge in [-0.05, 0) is 0 Å². The zero-order chi connectivity index (χ0) is 9.68. The van der Waals surface area contributed by atoms with Gasteiger partial charge in [0.15, 0.2) is 0 Å². The summed E-state index contributed by atoms with van der Waals surface area (Å²) in [5.41, 5.74) is 0. The number of aliphatic hydroxyl groups is 1. The quantitative estimate of drug-likeness (QED) is 0.582. The van der Waals surface area contributed by atoms with Gasteiger partial charge in [0.1, 0.15) is 6.04 Å². The van der Waals surface area contributed by atoms with Crippen LogP contribution in [0.5, 0.6) is 0 Å². The highest BCUT2D eigenvalue weighted by molar-refractivity contribution is 5.75. The van der Waals surface area contributed by atoms with E-state index in [1.54, 1.807) is 0 Å². The number of hydrogen-bond donors (Lipinski definition) is 2. The topological polar surface area (TPSA) is 58.6 Å². The molecule has 0 spiro atoms. The molecule has 2 N–H and O–H groups in total. The van der Waals surface area contributed by atoms with Gasteiger partial charge < -0.3 is 9.84 Å². The number of aliphatic hydroxyl groups excluding tert-OH is 1. The van der Waals surface area contributed by atoms with Crippen LogP contribution in [0.3, 0.4) is 0 Å². The van der Waals surface area contributed by atoms with Crippen molar-refractivity contribution >= 4 is 5.97 Å². The lowest BCUT2D eigenvalue weighted by Crippen LogP contribution is -2.44. The average Bonchev–Trinajstić information content (AvgIpc) is 2.65. The predicted octanol–water partition coefficient (Wildman–Crippen LogP) is -0.395. The summed E-state index contributed by atoms with van der Waals surface area (Å²) in [6.45, 7) is -0.259. The van der Waals surface area contributed by atoms with Crippen molar-refractivity contribution in [3.05, 3.63) is 24.3 Å². The Balaban J connectivity index is 2.43. The molecular weight excluding hydrogens is 170 g/mol. The summed E-state index contributed by atoms with van der Waals surface area (Å²) in [5, 5.41) is 11.8. The first-order chi connectivity index (χ1) is 6.27. The van der Waals surface area contributed by atoms with Crippen molar-refractivity contribution < 1.29 is 14.6 Å². The van der Waals surface area contributed by atoms with E-state index in [-0.39, 0.29) is 12.6 Å². The van der Waals surface area contributed by atoms with E-state index < -0.39 is 12.0 Å². The smallest absolute Gasteiger partial charge is 0.325 e. The van der Waals surface area contributed by atoms with Crippen LogP contribution >= 0.6 is 0 Å². The van der Waals surface area contributed by atoms with Crippen LogP contribution in [-0.2, 0) is 9.53 Å². The molecule has 0 bridgehead atoms. The zero-order valence-corrected chi connectivity index (χ0v) is 7.43. The number of esters is 1. The fraction of sp³-hybridized carbons (Fsp3) is 0.444. The molecule has 0 fully saturated rings. The van der Waals surface area contributed by atoms with Gasteiger partial charge in [-0.25, -0.2) is 0 Å². The fourth-order valence-electron chi connectivity index (χ4n) is 1.11. The Morgan fingerprint density at radius 1 is 1.62 bits per heavy atom. The normalized spacial score (nSPS) is 17.7. The van der Waals surface area contributed by atoms with Crippen molar-refractivity contribution in [3.8, 4) is 0 Å². The van der Waals surface area contributed by atoms with Gasteiger partial charge in [0.2, 0.25) is 0 Å². The van der Waals surface area contributed by atoms with Gasteiger partial charge >= 0.3 is 5.97 Å². The number of carbonyl (C=O) groups excluding carboxylic acids is 1. The minimum absolute atomic E-state index is 0.0104. The van der Waals surface area contributed by atoms with Crippen molar-refractivity contribution in [1.29, 1.82) is 0 Å². The Bertz CT molecular complexity index is 223. The van der Waals surface area contributed by atoms with Crippen LogP contribution in [0.25, 0.3) is 0 Å². The van der Waals surface area contributed by atoms with Crippen molar-refractivity contribution in [2.75, 3.05) is 13.7 Å². The Hall–Kier alpha value is -1.13. The van der Waals surface area contributed by atoms with Gasteiger partial charge in [-0.3, -0.25) is 10.1 Å². The number of methoxy groups -OCH3 is 1. The molecule has 0 aromatic heterocycles. The molecule has 0 aliphatic heterocycles. The van der Waals surface area contributed by atoms with Gasteiger partial charge in [-0.1, -0.05) is 24.3 Å². The van der Waals surface area contributed by atoms with Crippen LogP contribution in [0, 0.1) is 0 Å². The number of nitrogens with one attached hydrogen (secondary N) is 1. The van der Waals surface area contributed by atoms with E-state index in [2.05, 4.69) is 10.1 Å². The molecule has 0 aromatic carbocycles. The van der Waals surface area contributed by atoms with Gasteiger partial charge in [-0.15, -0.1) is 0 Å². The standard InChI is InChI=1S/C9H13NO3/c1-13-9(12)8(6-11)10-7-4-2-3-5-7/h2-5,7-8,10-11H,6H2,1H3/t8-/m0/s1. The molecule has 1 atom stereocenters. The van der Waals surface area contributed by atoms with Crippen LogP contribution < -0.4 is 5.32 Å². The van der Waals surface area contributed by atoms with Gasteiger partial charge in [-0.2, -0.15) is 0 Å². The predicted molar refractivity (Wildman–Crippen MR) is 48.1 cm³/mol. The molecule has 72 valence electrons. The molecular formula is C9H13NO3. The maximum atomic E-state index is 11.0. The summed E-state index contributed by atoms with van der Waals surface area (Å²) in [5.74, 6) is -0.448. The van der Waals surface area contributed by atoms with E-state index in [0.717, 1.165) is 0 Å². The molecule has 1 aliphatic rings. The Morgan fingerprint density at radius 3 is 2.69 bits per heavy atom. The van der Waals surface area contributed by atoms with Crippen molar-refractivity contribution in [2.45, 2.75) is 12.1 Å². The third-order valence-corrected chi connectivity index (χ3v) is 1.81. The third kappa shape index (κ3) is 2.68. The van der Waals surface area contributed by atoms with Gasteiger partial charge in [0.05, 0.1) is 13.7 Å². The lowest BCUT2D eigenvalue weighted by atomic mass is 10.2. The van der Waals surface area contributed by atoms with Crippen LogP contribution in [0.2, 0.25) is 0 Å². The van der Waals surface area contributed by atoms with Gasteiger partial charge in [0.25, 0.3) is 0 Å². The Kier molecular flexibility index (Phi) is 3.67. The van der Waals surface area contributed by atoms with Crippen LogP contribution in [-0.4, -0.2) is 36.9 Å². The highest BCUT2D eigenvalue weighted by Crippen LogP contribution is 2.01. The van der Waals surface area contributed by atoms with Crippen molar-refractivity contribution in [1.82, 2.24) is 5.32 Å². The number of hydrogen-bond acceptors (Lipinski definition) is 4. The maximum absolute atomic E-state index is 11.0. The molecule has 13 heavy (non-hydrogen) atoms. The first-order valence-electron chi connectivity index (χ1n) is 4.07. The lowest BCUT2D eigenvalue weighted by molar-refractivity contribution is -0.144. The maximum Gasteiger partial charge on any atom is 0.325 e. The second kappa shape index (κ2) is 4.79. The summed E-state index contributed by atoms with van der Waals surface area (Å²) in [4.78, 5) is 11.0. The Morgan fingerprint density at radius 2 is 2.23 bits per heavy atom. The molecule has 0 amide bonds. The van der Waals surface area contributed by atoms with E-state index in [1.165, 1.54) is 7.11 Å². The number of rotatable bonds is 4. The molecule has 0 saturated heterocycles. The van der Waals surface area contributed by atoms with E-state index in [1.807, 2.05) is 24.3 Å². The highest BCUT2D eigenvalue weighted by Gasteiger charge is 2.20. The summed E-state index contributed by atoms with van der Waals surface area (Å²) in [6, 6.07) is -0.640. The molecule has 0 aromatic rings. The van der Waals surface area contributed by atoms with Gasteiger partial charge in [0, 0.05) is 6.04 Å². The molecule has 0 unspecified atom stereocenters. The monoisotopic (exact) mass is 183 g/mol. The average molecular weight is 183 g/mol. The summed E-state index contributed by atoms with van der Waals surface area (Å²) in [7, 11) is 1.30. The largest absolute Gasteiger partial charge is 0.468 e. The van der Waals surface area contributed by atoms with E-state index >= 15 is 0 Å². The second-order valence-corrected chi connectivity index (χ2v) is 2.72. The fourth-order valence-corrected chi connectivity index (χ4v) is 1.11. The Labute approximate surface area is 76.9 Å². The molecule has 0 saturated carbocycles. The SMILES string of the molecule is COC(=O)[C@H](CO)NC1C=CC=C1. The number of allylic oxidation sites excluding steroid dienone is 2. The highest BCUT2D eigenvalue weighted by atomic mass is 16.5. The minimum Gasteiger partial charge on any atom is -0.468 e. The molecule has 0 heterocycles. The minimum atomic E-state index is -0.651. The zero-order valence-electron chi connectivity index (χ0n) is 7.43. The van der Waals surface area contributed by atoms with Crippen LogP contribution in [0.4, 0.5) is 0 Å². The molecule has 4 heteroatoms.